The summed E-state index contributed by atoms with van der Waals surface area (Å²) in [4.78, 5) is 32.5. The average molecular weight is 730 g/mol. The van der Waals surface area contributed by atoms with E-state index in [4.69, 9.17) is 16.1 Å². The fourth-order valence-electron chi connectivity index (χ4n) is 7.71. The van der Waals surface area contributed by atoms with Gasteiger partial charge in [-0.2, -0.15) is 9.97 Å². The molecule has 3 aliphatic rings. The molecule has 5 heterocycles. The zero-order chi connectivity index (χ0) is 37.1. The van der Waals surface area contributed by atoms with Gasteiger partial charge in [0.05, 0.1) is 17.6 Å². The summed E-state index contributed by atoms with van der Waals surface area (Å²) in [7, 11) is 1.83. The maximum absolute atomic E-state index is 16.9. The van der Waals surface area contributed by atoms with Crippen molar-refractivity contribution in [2.45, 2.75) is 50.5 Å². The third-order valence-electron chi connectivity index (χ3n) is 10.6. The molecule has 3 aliphatic heterocycles. The van der Waals surface area contributed by atoms with E-state index >= 15 is 4.39 Å². The number of terminal acetylenes is 1. The van der Waals surface area contributed by atoms with Crippen LogP contribution in [0.3, 0.4) is 0 Å². The molecule has 9 nitrogen and oxygen atoms in total. The van der Waals surface area contributed by atoms with Crippen molar-refractivity contribution in [3.8, 4) is 29.6 Å². The first-order valence-corrected chi connectivity index (χ1v) is 18.3. The summed E-state index contributed by atoms with van der Waals surface area (Å²) in [5.74, 6) is 1.21. The van der Waals surface area contributed by atoms with E-state index < -0.39 is 24.0 Å². The number of amides is 1. The number of nitrogens with one attached hydrogen (secondary N) is 1. The Hall–Kier alpha value is -4.80. The molecule has 0 spiro atoms. The largest absolute Gasteiger partial charge is 0.463 e. The zero-order valence-corrected chi connectivity index (χ0v) is 29.7. The highest BCUT2D eigenvalue weighted by atomic mass is 19.1. The van der Waals surface area contributed by atoms with Crippen LogP contribution in [0.2, 0.25) is 0 Å². The SMILES string of the molecule is C#Cc1c(F)ccc2cccc(-c3ncc4c(N(C)[C@@H]5CCN(C(=O)/C=C/CN6CC[C@H](F)C6)C5)nc(OC[C@@H]5CCCNCC(F)C5)nc4c3F)c12. The van der Waals surface area contributed by atoms with Crippen molar-refractivity contribution in [2.24, 2.45) is 5.92 Å². The van der Waals surface area contributed by atoms with Crippen LogP contribution in [-0.4, -0.2) is 109 Å². The van der Waals surface area contributed by atoms with Gasteiger partial charge in [0.25, 0.3) is 0 Å². The number of ether oxygens (including phenoxy) is 1. The van der Waals surface area contributed by atoms with Gasteiger partial charge in [-0.1, -0.05) is 36.3 Å². The minimum atomic E-state index is -1.02. The van der Waals surface area contributed by atoms with Crippen molar-refractivity contribution in [1.82, 2.24) is 30.1 Å². The fourth-order valence-corrected chi connectivity index (χ4v) is 7.71. The number of hydrogen-bond donors (Lipinski definition) is 1. The van der Waals surface area contributed by atoms with Gasteiger partial charge in [0.1, 0.15) is 35.2 Å². The minimum absolute atomic E-state index is 0.00622. The second-order valence-corrected chi connectivity index (χ2v) is 14.2. The van der Waals surface area contributed by atoms with E-state index in [0.29, 0.717) is 86.1 Å². The Morgan fingerprint density at radius 3 is 2.79 bits per heavy atom. The first kappa shape index (κ1) is 36.6. The van der Waals surface area contributed by atoms with Crippen molar-refractivity contribution >= 4 is 33.4 Å². The standard InChI is InChI=1S/C40H43F4N7O2/c1-3-30-33(43)12-11-26-8-4-9-31(35(26)30)37-36(44)38-32(21-46-37)39(48-40(47-38)53-24-25-7-5-15-45-20-28(42)19-25)49(2)29-14-18-51(23-29)34(52)10-6-16-50-17-13-27(41)22-50/h1,4,6,8-12,21,25,27-29,45H,5,7,13-20,22-24H2,2H3/b10-6+/t25-,27+,28?,29-/m1/s1. The van der Waals surface area contributed by atoms with Crippen LogP contribution in [-0.2, 0) is 4.79 Å². The number of likely N-dealkylation sites (tertiary alicyclic amines) is 2. The van der Waals surface area contributed by atoms with Crippen LogP contribution in [0.5, 0.6) is 6.01 Å². The molecule has 3 fully saturated rings. The third-order valence-corrected chi connectivity index (χ3v) is 10.6. The lowest BCUT2D eigenvalue weighted by Gasteiger charge is -2.27. The van der Waals surface area contributed by atoms with Gasteiger partial charge >= 0.3 is 6.01 Å². The Balaban J connectivity index is 1.21. The minimum Gasteiger partial charge on any atom is -0.463 e. The van der Waals surface area contributed by atoms with E-state index in [-0.39, 0.29) is 53.8 Å². The molecule has 53 heavy (non-hydrogen) atoms. The number of hydrogen-bond acceptors (Lipinski definition) is 8. The van der Waals surface area contributed by atoms with Crippen molar-refractivity contribution in [2.75, 3.05) is 64.4 Å². The summed E-state index contributed by atoms with van der Waals surface area (Å²) in [6.07, 6.45) is 11.8. The van der Waals surface area contributed by atoms with Gasteiger partial charge in [0.15, 0.2) is 5.82 Å². The number of rotatable bonds is 9. The Bertz CT molecular complexity index is 2060. The highest BCUT2D eigenvalue weighted by Gasteiger charge is 2.31. The van der Waals surface area contributed by atoms with Crippen LogP contribution in [0.15, 0.2) is 48.7 Å². The lowest BCUT2D eigenvalue weighted by Crippen LogP contribution is -2.37. The Morgan fingerprint density at radius 1 is 1.11 bits per heavy atom. The summed E-state index contributed by atoms with van der Waals surface area (Å²) in [5.41, 5.74) is 0.215. The number of alkyl halides is 2. The van der Waals surface area contributed by atoms with Crippen molar-refractivity contribution < 1.29 is 27.1 Å². The molecule has 0 saturated carbocycles. The summed E-state index contributed by atoms with van der Waals surface area (Å²) in [6, 6.07) is 7.78. The molecule has 2 aromatic heterocycles. The van der Waals surface area contributed by atoms with E-state index in [0.717, 1.165) is 12.8 Å². The number of aromatic nitrogens is 3. The summed E-state index contributed by atoms with van der Waals surface area (Å²) in [5, 5.41) is 4.43. The van der Waals surface area contributed by atoms with E-state index in [1.54, 1.807) is 41.3 Å². The summed E-state index contributed by atoms with van der Waals surface area (Å²) < 4.78 is 66.0. The number of likely N-dealkylation sites (N-methyl/N-ethyl adjacent to an activating group) is 1. The molecule has 7 rings (SSSR count). The Labute approximate surface area is 306 Å². The number of pyridine rings is 1. The first-order valence-electron chi connectivity index (χ1n) is 18.3. The van der Waals surface area contributed by atoms with Gasteiger partial charge in [0.2, 0.25) is 5.91 Å². The highest BCUT2D eigenvalue weighted by molar-refractivity contribution is 6.02. The topological polar surface area (TPSA) is 86.7 Å². The van der Waals surface area contributed by atoms with Crippen LogP contribution in [0, 0.1) is 29.9 Å². The number of benzene rings is 2. The van der Waals surface area contributed by atoms with Crippen molar-refractivity contribution in [3.63, 3.8) is 0 Å². The molecule has 2 aromatic carbocycles. The molecule has 1 unspecified atom stereocenters. The number of carbonyl (C=O) groups is 1. The monoisotopic (exact) mass is 729 g/mol. The fraction of sp³-hybridized carbons (Fsp3) is 0.450. The molecule has 4 aromatic rings. The second-order valence-electron chi connectivity index (χ2n) is 14.2. The van der Waals surface area contributed by atoms with Crippen LogP contribution < -0.4 is 15.0 Å². The van der Waals surface area contributed by atoms with E-state index in [1.807, 2.05) is 16.8 Å². The predicted octanol–water partition coefficient (Wildman–Crippen LogP) is 5.85. The van der Waals surface area contributed by atoms with Crippen molar-refractivity contribution in [3.05, 3.63) is 65.9 Å². The van der Waals surface area contributed by atoms with Gasteiger partial charge in [-0.25, -0.2) is 17.6 Å². The third kappa shape index (κ3) is 7.94. The summed E-state index contributed by atoms with van der Waals surface area (Å²) >= 11 is 0. The number of halogens is 4. The Morgan fingerprint density at radius 2 is 1.98 bits per heavy atom. The molecule has 1 N–H and O–H groups in total. The number of carbonyl (C=O) groups excluding carboxylic acids is 1. The second kappa shape index (κ2) is 16.1. The van der Waals surface area contributed by atoms with Crippen LogP contribution in [0.1, 0.15) is 37.7 Å². The van der Waals surface area contributed by atoms with E-state index in [1.165, 1.54) is 12.3 Å². The first-order chi connectivity index (χ1) is 25.7. The molecule has 0 bridgehead atoms. The molecule has 1 amide bonds. The number of nitrogens with zero attached hydrogens (tertiary/aromatic N) is 6. The molecular formula is C40H43F4N7O2. The molecule has 278 valence electrons. The number of anilines is 1. The molecule has 0 aliphatic carbocycles. The van der Waals surface area contributed by atoms with E-state index in [2.05, 4.69) is 21.2 Å². The Kier molecular flexibility index (Phi) is 11.1. The smallest absolute Gasteiger partial charge is 0.319 e. The van der Waals surface area contributed by atoms with Gasteiger partial charge in [-0.3, -0.25) is 14.7 Å². The zero-order valence-electron chi connectivity index (χ0n) is 29.7. The molecule has 0 radical (unpaired) electrons. The van der Waals surface area contributed by atoms with Gasteiger partial charge in [0, 0.05) is 75.6 Å². The normalized spacial score (nSPS) is 22.7. The van der Waals surface area contributed by atoms with Crippen LogP contribution >= 0.6 is 0 Å². The van der Waals surface area contributed by atoms with Gasteiger partial charge in [-0.15, -0.1) is 6.42 Å². The maximum atomic E-state index is 16.9. The molecule has 13 heteroatoms. The lowest BCUT2D eigenvalue weighted by atomic mass is 9.96. The van der Waals surface area contributed by atoms with Gasteiger partial charge in [-0.05, 0) is 56.0 Å². The average Bonchev–Trinajstić information content (AvgIpc) is 3.81. The molecule has 3 saturated heterocycles. The maximum Gasteiger partial charge on any atom is 0.319 e. The molecular weight excluding hydrogens is 686 g/mol. The predicted molar refractivity (Wildman–Crippen MR) is 197 cm³/mol. The van der Waals surface area contributed by atoms with Crippen LogP contribution in [0.4, 0.5) is 23.4 Å². The summed E-state index contributed by atoms with van der Waals surface area (Å²) in [6.45, 7) is 3.63. The number of fused-ring (bicyclic) bond motifs is 2. The molecule has 4 atom stereocenters. The quantitative estimate of drug-likeness (QED) is 0.131. The lowest BCUT2D eigenvalue weighted by molar-refractivity contribution is -0.125. The highest BCUT2D eigenvalue weighted by Crippen LogP contribution is 2.37. The van der Waals surface area contributed by atoms with Gasteiger partial charge < -0.3 is 19.9 Å². The van der Waals surface area contributed by atoms with E-state index in [9.17, 15) is 18.0 Å². The van der Waals surface area contributed by atoms with Crippen molar-refractivity contribution in [1.29, 1.82) is 0 Å². The van der Waals surface area contributed by atoms with Crippen LogP contribution in [0.25, 0.3) is 32.9 Å².